The second-order valence-electron chi connectivity index (χ2n) is 5.31. The smallest absolute Gasteiger partial charge is 0.0406 e. The van der Waals surface area contributed by atoms with E-state index in [4.69, 9.17) is 23.2 Å². The summed E-state index contributed by atoms with van der Waals surface area (Å²) in [5.74, 6) is 0. The molecule has 0 aliphatic heterocycles. The van der Waals surface area contributed by atoms with Gasteiger partial charge in [0.05, 0.1) is 0 Å². The Balaban J connectivity index is 2.08. The molecule has 106 valence electrons. The first-order chi connectivity index (χ1) is 10.1. The number of hydrogen-bond acceptors (Lipinski definition) is 0. The first kappa shape index (κ1) is 14.4. The van der Waals surface area contributed by atoms with Gasteiger partial charge in [0.1, 0.15) is 0 Å². The summed E-state index contributed by atoms with van der Waals surface area (Å²) in [4.78, 5) is 0. The van der Waals surface area contributed by atoms with Gasteiger partial charge in [-0.15, -0.1) is 0 Å². The third kappa shape index (κ3) is 3.07. The normalized spacial score (nSPS) is 15.1. The molecule has 0 nitrogen and oxygen atoms in total. The summed E-state index contributed by atoms with van der Waals surface area (Å²) >= 11 is 12.5. The lowest BCUT2D eigenvalue weighted by Gasteiger charge is -2.20. The fraction of sp³-hybridized carbons (Fsp3) is 0.158. The van der Waals surface area contributed by atoms with E-state index < -0.39 is 0 Å². The Labute approximate surface area is 135 Å². The molecular formula is C19H16Cl2. The van der Waals surface area contributed by atoms with Crippen molar-refractivity contribution in [1.82, 2.24) is 0 Å². The molecule has 1 aliphatic rings. The van der Waals surface area contributed by atoms with Crippen molar-refractivity contribution in [1.29, 1.82) is 0 Å². The Kier molecular flexibility index (Phi) is 4.19. The van der Waals surface area contributed by atoms with Crippen LogP contribution in [0, 0.1) is 6.92 Å². The Morgan fingerprint density at radius 2 is 1.43 bits per heavy atom. The van der Waals surface area contributed by atoms with Gasteiger partial charge in [-0.3, -0.25) is 0 Å². The molecule has 0 unspecified atom stereocenters. The summed E-state index contributed by atoms with van der Waals surface area (Å²) in [5, 5.41) is 1.67. The van der Waals surface area contributed by atoms with Crippen LogP contribution in [0.4, 0.5) is 0 Å². The van der Waals surface area contributed by atoms with Gasteiger partial charge >= 0.3 is 0 Å². The summed E-state index contributed by atoms with van der Waals surface area (Å²) in [5.41, 5.74) is 5.94. The molecule has 0 aromatic heterocycles. The van der Waals surface area contributed by atoms with E-state index in [0.29, 0.717) is 0 Å². The molecule has 21 heavy (non-hydrogen) atoms. The van der Waals surface area contributed by atoms with Crippen LogP contribution in [-0.2, 0) is 0 Å². The monoisotopic (exact) mass is 314 g/mol. The molecule has 0 saturated heterocycles. The summed E-state index contributed by atoms with van der Waals surface area (Å²) in [6.45, 7) is 2.10. The topological polar surface area (TPSA) is 0 Å². The van der Waals surface area contributed by atoms with Crippen molar-refractivity contribution in [2.45, 2.75) is 19.8 Å². The zero-order chi connectivity index (χ0) is 14.8. The third-order valence-electron chi connectivity index (χ3n) is 3.75. The van der Waals surface area contributed by atoms with E-state index in [1.54, 1.807) is 0 Å². The van der Waals surface area contributed by atoms with Gasteiger partial charge in [0.2, 0.25) is 0 Å². The van der Waals surface area contributed by atoms with Crippen molar-refractivity contribution in [3.05, 3.63) is 81.4 Å². The minimum atomic E-state index is 0.743. The standard InChI is InChI=1S/C19H16Cl2/c1-13-5-7-14(8-6-13)17-3-2-4-18(21)19(17)15-9-11-16(20)12-10-15/h3,5-12H,2,4H2,1H3. The molecule has 0 N–H and O–H groups in total. The van der Waals surface area contributed by atoms with Gasteiger partial charge < -0.3 is 0 Å². The maximum atomic E-state index is 6.54. The number of halogens is 2. The number of hydrogen-bond donors (Lipinski definition) is 0. The van der Waals surface area contributed by atoms with Gasteiger partial charge in [0, 0.05) is 15.6 Å². The van der Waals surface area contributed by atoms with Gasteiger partial charge in [-0.05, 0) is 48.6 Å². The Morgan fingerprint density at radius 1 is 0.810 bits per heavy atom. The van der Waals surface area contributed by atoms with Crippen LogP contribution >= 0.6 is 23.2 Å². The van der Waals surface area contributed by atoms with Crippen molar-refractivity contribution < 1.29 is 0 Å². The Morgan fingerprint density at radius 3 is 2.10 bits per heavy atom. The van der Waals surface area contributed by atoms with Crippen molar-refractivity contribution >= 4 is 34.3 Å². The van der Waals surface area contributed by atoms with Crippen molar-refractivity contribution in [2.75, 3.05) is 0 Å². The van der Waals surface area contributed by atoms with E-state index in [-0.39, 0.29) is 0 Å². The molecule has 0 heterocycles. The Bertz CT molecular complexity index is 704. The summed E-state index contributed by atoms with van der Waals surface area (Å²) in [7, 11) is 0. The van der Waals surface area contributed by atoms with Crippen LogP contribution in [0.3, 0.4) is 0 Å². The van der Waals surface area contributed by atoms with Gasteiger partial charge in [0.15, 0.2) is 0 Å². The third-order valence-corrected chi connectivity index (χ3v) is 4.38. The molecular weight excluding hydrogens is 299 g/mol. The minimum Gasteiger partial charge on any atom is -0.0884 e. The highest BCUT2D eigenvalue weighted by atomic mass is 35.5. The highest BCUT2D eigenvalue weighted by Crippen LogP contribution is 2.40. The molecule has 0 fully saturated rings. The van der Waals surface area contributed by atoms with Crippen LogP contribution in [0.2, 0.25) is 5.02 Å². The van der Waals surface area contributed by atoms with Crippen molar-refractivity contribution in [2.24, 2.45) is 0 Å². The average molecular weight is 315 g/mol. The predicted molar refractivity (Wildman–Crippen MR) is 92.6 cm³/mol. The summed E-state index contributed by atoms with van der Waals surface area (Å²) < 4.78 is 0. The number of aryl methyl sites for hydroxylation is 1. The lowest BCUT2D eigenvalue weighted by atomic mass is 9.87. The maximum Gasteiger partial charge on any atom is 0.0406 e. The van der Waals surface area contributed by atoms with E-state index >= 15 is 0 Å². The van der Waals surface area contributed by atoms with Gasteiger partial charge in [-0.1, -0.05) is 71.2 Å². The molecule has 2 heteroatoms. The molecule has 0 bridgehead atoms. The Hall–Kier alpha value is -1.50. The van der Waals surface area contributed by atoms with Crippen LogP contribution in [0.1, 0.15) is 29.5 Å². The van der Waals surface area contributed by atoms with E-state index in [2.05, 4.69) is 37.3 Å². The van der Waals surface area contributed by atoms with Gasteiger partial charge in [0.25, 0.3) is 0 Å². The number of rotatable bonds is 2. The largest absolute Gasteiger partial charge is 0.0884 e. The van der Waals surface area contributed by atoms with Crippen LogP contribution in [0.5, 0.6) is 0 Å². The van der Waals surface area contributed by atoms with Crippen LogP contribution in [-0.4, -0.2) is 0 Å². The number of allylic oxidation sites excluding steroid dienone is 4. The van der Waals surface area contributed by atoms with E-state index in [1.165, 1.54) is 16.7 Å². The zero-order valence-electron chi connectivity index (χ0n) is 11.9. The molecule has 0 spiro atoms. The first-order valence-corrected chi connectivity index (χ1v) is 7.83. The second kappa shape index (κ2) is 6.09. The molecule has 1 aliphatic carbocycles. The van der Waals surface area contributed by atoms with Gasteiger partial charge in [-0.25, -0.2) is 0 Å². The van der Waals surface area contributed by atoms with E-state index in [0.717, 1.165) is 34.0 Å². The van der Waals surface area contributed by atoms with Crippen molar-refractivity contribution in [3.8, 4) is 0 Å². The zero-order valence-corrected chi connectivity index (χ0v) is 13.4. The first-order valence-electron chi connectivity index (χ1n) is 7.07. The van der Waals surface area contributed by atoms with E-state index in [9.17, 15) is 0 Å². The quantitative estimate of drug-likeness (QED) is 0.595. The van der Waals surface area contributed by atoms with Crippen LogP contribution in [0.25, 0.3) is 11.1 Å². The second-order valence-corrected chi connectivity index (χ2v) is 6.20. The maximum absolute atomic E-state index is 6.54. The molecule has 3 rings (SSSR count). The molecule has 2 aromatic rings. The van der Waals surface area contributed by atoms with Crippen LogP contribution < -0.4 is 0 Å². The average Bonchev–Trinajstić information content (AvgIpc) is 2.49. The molecule has 0 radical (unpaired) electrons. The molecule has 0 atom stereocenters. The molecule has 2 aromatic carbocycles. The lowest BCUT2D eigenvalue weighted by molar-refractivity contribution is 1.03. The highest BCUT2D eigenvalue weighted by Gasteiger charge is 2.18. The van der Waals surface area contributed by atoms with Crippen molar-refractivity contribution in [3.63, 3.8) is 0 Å². The minimum absolute atomic E-state index is 0.743. The summed E-state index contributed by atoms with van der Waals surface area (Å²) in [6.07, 6.45) is 4.16. The fourth-order valence-electron chi connectivity index (χ4n) is 2.64. The SMILES string of the molecule is Cc1ccc(C2=CCCC(Cl)=C2c2ccc(Cl)cc2)cc1. The highest BCUT2D eigenvalue weighted by molar-refractivity contribution is 6.36. The fourth-order valence-corrected chi connectivity index (χ4v) is 3.09. The molecule has 0 amide bonds. The van der Waals surface area contributed by atoms with E-state index in [1.807, 2.05) is 24.3 Å². The molecule has 0 saturated carbocycles. The lowest BCUT2D eigenvalue weighted by Crippen LogP contribution is -1.98. The van der Waals surface area contributed by atoms with Gasteiger partial charge in [-0.2, -0.15) is 0 Å². The summed E-state index contributed by atoms with van der Waals surface area (Å²) in [6, 6.07) is 16.5. The van der Waals surface area contributed by atoms with Crippen LogP contribution in [0.15, 0.2) is 59.6 Å². The predicted octanol–water partition coefficient (Wildman–Crippen LogP) is 6.48. The number of benzene rings is 2.